The highest BCUT2D eigenvalue weighted by Crippen LogP contribution is 1.86. The van der Waals surface area contributed by atoms with Crippen LogP contribution in [0.5, 0.6) is 0 Å². The second kappa shape index (κ2) is 6.28. The Labute approximate surface area is 77.2 Å². The molecule has 0 aromatic heterocycles. The highest BCUT2D eigenvalue weighted by molar-refractivity contribution is 7.85. The minimum atomic E-state index is -3.94. The van der Waals surface area contributed by atoms with Crippen LogP contribution in [0.2, 0.25) is 0 Å². The average Bonchev–Trinajstić information content (AvgIpc) is 1.93. The van der Waals surface area contributed by atoms with Crippen molar-refractivity contribution in [1.29, 1.82) is 0 Å². The summed E-state index contributed by atoms with van der Waals surface area (Å²) in [7, 11) is -3.94. The van der Waals surface area contributed by atoms with Crippen molar-refractivity contribution in [1.82, 2.24) is 0 Å². The van der Waals surface area contributed by atoms with Crippen molar-refractivity contribution in [3.8, 4) is 0 Å². The van der Waals surface area contributed by atoms with Gasteiger partial charge in [-0.3, -0.25) is 4.55 Å². The third-order valence-electron chi connectivity index (χ3n) is 1.07. The molecule has 0 rings (SSSR count). The summed E-state index contributed by atoms with van der Waals surface area (Å²) in [6.07, 6.45) is -0.856. The van der Waals surface area contributed by atoms with Gasteiger partial charge in [0.05, 0.1) is 25.6 Å². The lowest BCUT2D eigenvalue weighted by Crippen LogP contribution is -2.15. The number of aliphatic hydroxyl groups excluding tert-OH is 1. The topological polar surface area (TPSA) is 93.1 Å². The van der Waals surface area contributed by atoms with Crippen LogP contribution in [0.15, 0.2) is 0 Å². The van der Waals surface area contributed by atoms with Gasteiger partial charge in [0.1, 0.15) is 0 Å². The molecule has 80 valence electrons. The molecule has 0 aliphatic heterocycles. The Morgan fingerprint density at radius 1 is 1.31 bits per heavy atom. The van der Waals surface area contributed by atoms with E-state index in [9.17, 15) is 8.42 Å². The smallest absolute Gasteiger partial charge is 0.267 e. The van der Waals surface area contributed by atoms with Gasteiger partial charge in [0, 0.05) is 0 Å². The lowest BCUT2D eigenvalue weighted by molar-refractivity contribution is -0.0986. The Morgan fingerprint density at radius 3 is 2.38 bits per heavy atom. The third-order valence-corrected chi connectivity index (χ3v) is 1.75. The van der Waals surface area contributed by atoms with Crippen molar-refractivity contribution in [2.45, 2.75) is 13.2 Å². The molecule has 0 radical (unpaired) electrons. The molecule has 2 N–H and O–H groups in total. The molecule has 0 fully saturated rings. The Balaban J connectivity index is 3.18. The molecule has 0 aromatic rings. The maximum absolute atomic E-state index is 10.2. The van der Waals surface area contributed by atoms with E-state index in [0.29, 0.717) is 0 Å². The van der Waals surface area contributed by atoms with E-state index in [-0.39, 0.29) is 19.8 Å². The lowest BCUT2D eigenvalue weighted by atomic mass is 10.7. The van der Waals surface area contributed by atoms with Crippen LogP contribution < -0.4 is 0 Å². The first-order valence-electron chi connectivity index (χ1n) is 3.74. The summed E-state index contributed by atoms with van der Waals surface area (Å²) in [5.41, 5.74) is 0. The normalized spacial score (nSPS) is 14.4. The summed E-state index contributed by atoms with van der Waals surface area (Å²) in [4.78, 5) is 0. The molecule has 0 aromatic carbocycles. The van der Waals surface area contributed by atoms with Crippen LogP contribution in [-0.4, -0.2) is 49.9 Å². The number of hydrogen-bond donors (Lipinski definition) is 2. The van der Waals surface area contributed by atoms with Gasteiger partial charge >= 0.3 is 0 Å². The second-order valence-electron chi connectivity index (χ2n) is 2.37. The second-order valence-corrected chi connectivity index (χ2v) is 3.94. The van der Waals surface area contributed by atoms with Crippen LogP contribution in [0.3, 0.4) is 0 Å². The first kappa shape index (κ1) is 12.8. The summed E-state index contributed by atoms with van der Waals surface area (Å²) in [5, 5.41) is 8.62. The van der Waals surface area contributed by atoms with Gasteiger partial charge < -0.3 is 14.6 Å². The highest BCUT2D eigenvalue weighted by Gasteiger charge is 2.03. The summed E-state index contributed by atoms with van der Waals surface area (Å²) < 4.78 is 38.1. The van der Waals surface area contributed by atoms with Crippen molar-refractivity contribution in [3.63, 3.8) is 0 Å². The van der Waals surface area contributed by atoms with Gasteiger partial charge in [-0.25, -0.2) is 0 Å². The van der Waals surface area contributed by atoms with E-state index >= 15 is 0 Å². The maximum Gasteiger partial charge on any atom is 0.267 e. The fraction of sp³-hybridized carbons (Fsp3) is 1.00. The number of aliphatic hydroxyl groups is 1. The Hall–Kier alpha value is -0.210. The molecule has 7 heteroatoms. The van der Waals surface area contributed by atoms with Crippen LogP contribution in [0.25, 0.3) is 0 Å². The fourth-order valence-corrected chi connectivity index (χ4v) is 0.872. The first-order chi connectivity index (χ1) is 5.92. The third kappa shape index (κ3) is 11.8. The van der Waals surface area contributed by atoms with Gasteiger partial charge in [0.25, 0.3) is 10.1 Å². The van der Waals surface area contributed by atoms with Crippen LogP contribution >= 0.6 is 0 Å². The molecule has 1 atom stereocenters. The molecule has 0 amide bonds. The van der Waals surface area contributed by atoms with E-state index in [4.69, 9.17) is 19.1 Å². The number of rotatable bonds is 7. The standard InChI is InChI=1S/C6H14O6S/c1-6(7)12-3-2-11-4-5-13(8,9)10/h6-7H,2-5H2,1H3,(H,8,9,10). The van der Waals surface area contributed by atoms with Crippen molar-refractivity contribution in [3.05, 3.63) is 0 Å². The molecule has 1 unspecified atom stereocenters. The quantitative estimate of drug-likeness (QED) is 0.329. The summed E-state index contributed by atoms with van der Waals surface area (Å²) in [6, 6.07) is 0. The van der Waals surface area contributed by atoms with Gasteiger partial charge in [0.2, 0.25) is 0 Å². The molecule has 6 nitrogen and oxygen atoms in total. The summed E-state index contributed by atoms with van der Waals surface area (Å²) in [5.74, 6) is -0.429. The zero-order chi connectivity index (χ0) is 10.3. The zero-order valence-corrected chi connectivity index (χ0v) is 8.16. The van der Waals surface area contributed by atoms with Crippen LogP contribution in [0.1, 0.15) is 6.92 Å². The fourth-order valence-electron chi connectivity index (χ4n) is 0.544. The van der Waals surface area contributed by atoms with Crippen LogP contribution in [0.4, 0.5) is 0 Å². The van der Waals surface area contributed by atoms with Gasteiger partial charge in [-0.15, -0.1) is 0 Å². The Morgan fingerprint density at radius 2 is 1.92 bits per heavy atom. The molecule has 13 heavy (non-hydrogen) atoms. The van der Waals surface area contributed by atoms with E-state index in [1.807, 2.05) is 0 Å². The van der Waals surface area contributed by atoms with E-state index in [0.717, 1.165) is 0 Å². The monoisotopic (exact) mass is 214 g/mol. The van der Waals surface area contributed by atoms with Crippen LogP contribution in [-0.2, 0) is 19.6 Å². The molecule has 0 heterocycles. The maximum atomic E-state index is 10.2. The first-order valence-corrected chi connectivity index (χ1v) is 5.35. The lowest BCUT2D eigenvalue weighted by Gasteiger charge is -2.06. The summed E-state index contributed by atoms with van der Waals surface area (Å²) >= 11 is 0. The molecule has 0 aliphatic carbocycles. The van der Waals surface area contributed by atoms with E-state index in [1.54, 1.807) is 0 Å². The average molecular weight is 214 g/mol. The molecule has 0 bridgehead atoms. The SMILES string of the molecule is CC(O)OCCOCCS(=O)(=O)O. The predicted molar refractivity (Wildman–Crippen MR) is 44.9 cm³/mol. The number of ether oxygens (including phenoxy) is 2. The van der Waals surface area contributed by atoms with Crippen molar-refractivity contribution >= 4 is 10.1 Å². The van der Waals surface area contributed by atoms with E-state index in [2.05, 4.69) is 0 Å². The van der Waals surface area contributed by atoms with Crippen molar-refractivity contribution in [2.24, 2.45) is 0 Å². The van der Waals surface area contributed by atoms with Gasteiger partial charge in [-0.1, -0.05) is 0 Å². The number of hydrogen-bond acceptors (Lipinski definition) is 5. The molecular weight excluding hydrogens is 200 g/mol. The predicted octanol–water partition coefficient (Wildman–Crippen LogP) is -0.754. The molecule has 0 saturated carbocycles. The zero-order valence-electron chi connectivity index (χ0n) is 7.34. The minimum absolute atomic E-state index is 0.0813. The molecule has 0 aliphatic rings. The van der Waals surface area contributed by atoms with E-state index < -0.39 is 22.2 Å². The summed E-state index contributed by atoms with van der Waals surface area (Å²) in [6.45, 7) is 1.74. The van der Waals surface area contributed by atoms with Gasteiger partial charge in [-0.05, 0) is 6.92 Å². The minimum Gasteiger partial charge on any atom is -0.378 e. The van der Waals surface area contributed by atoms with Gasteiger partial charge in [0.15, 0.2) is 6.29 Å². The largest absolute Gasteiger partial charge is 0.378 e. The molecule has 0 saturated heterocycles. The Kier molecular flexibility index (Phi) is 6.17. The van der Waals surface area contributed by atoms with E-state index in [1.165, 1.54) is 6.92 Å². The molecule has 0 spiro atoms. The van der Waals surface area contributed by atoms with Crippen molar-refractivity contribution < 1.29 is 27.6 Å². The molecular formula is C6H14O6S. The highest BCUT2D eigenvalue weighted by atomic mass is 32.2. The van der Waals surface area contributed by atoms with Gasteiger partial charge in [-0.2, -0.15) is 8.42 Å². The van der Waals surface area contributed by atoms with Crippen LogP contribution in [0, 0.1) is 0 Å². The Bertz CT molecular complexity index is 209. The van der Waals surface area contributed by atoms with Crippen molar-refractivity contribution in [2.75, 3.05) is 25.6 Å².